The summed E-state index contributed by atoms with van der Waals surface area (Å²) in [7, 11) is -3.61. The van der Waals surface area contributed by atoms with Crippen LogP contribution < -0.4 is 14.4 Å². The van der Waals surface area contributed by atoms with Crippen molar-refractivity contribution in [2.75, 3.05) is 22.4 Å². The molecule has 0 aromatic heterocycles. The molecule has 2 aromatic rings. The first-order valence-corrected chi connectivity index (χ1v) is 10.1. The van der Waals surface area contributed by atoms with E-state index in [1.165, 1.54) is 0 Å². The van der Waals surface area contributed by atoms with Crippen LogP contribution in [-0.2, 0) is 14.8 Å². The average Bonchev–Trinajstić information content (AvgIpc) is 2.54. The molecule has 2 rings (SSSR count). The van der Waals surface area contributed by atoms with Crippen molar-refractivity contribution in [2.45, 2.75) is 26.9 Å². The molecule has 6 nitrogen and oxygen atoms in total. The van der Waals surface area contributed by atoms with Gasteiger partial charge in [0, 0.05) is 0 Å². The lowest BCUT2D eigenvalue weighted by molar-refractivity contribution is -0.114. The molecule has 0 saturated carbocycles. The van der Waals surface area contributed by atoms with Crippen molar-refractivity contribution in [1.29, 1.82) is 0 Å². The highest BCUT2D eigenvalue weighted by Crippen LogP contribution is 2.25. The molecule has 0 radical (unpaired) electrons. The van der Waals surface area contributed by atoms with Gasteiger partial charge in [0.2, 0.25) is 15.9 Å². The fourth-order valence-electron chi connectivity index (χ4n) is 2.36. The van der Waals surface area contributed by atoms with E-state index in [1.807, 2.05) is 26.8 Å². The van der Waals surface area contributed by atoms with Crippen molar-refractivity contribution in [1.82, 2.24) is 0 Å². The summed E-state index contributed by atoms with van der Waals surface area (Å²) >= 11 is 0. The van der Waals surface area contributed by atoms with Gasteiger partial charge in [-0.15, -0.1) is 0 Å². The maximum atomic E-state index is 12.5. The monoisotopic (exact) mass is 376 g/mol. The fraction of sp³-hybridized carbons (Fsp3) is 0.316. The number of carbonyl (C=O) groups excluding carboxylic acids is 1. The molecule has 140 valence electrons. The van der Waals surface area contributed by atoms with Crippen molar-refractivity contribution in [3.8, 4) is 5.75 Å². The number of hydrogen-bond donors (Lipinski definition) is 1. The standard InChI is InChI=1S/C19H24N2O4S/c1-14(2)25-18-8-6-5-7-17(18)20-19(22)13-21(26(4,23)24)16-11-9-15(3)10-12-16/h5-12,14H,13H2,1-4H3,(H,20,22). The molecule has 0 unspecified atom stereocenters. The average molecular weight is 376 g/mol. The number of hydrogen-bond acceptors (Lipinski definition) is 4. The quantitative estimate of drug-likeness (QED) is 0.805. The number of para-hydroxylation sites is 2. The molecule has 0 fully saturated rings. The number of sulfonamides is 1. The van der Waals surface area contributed by atoms with Crippen molar-refractivity contribution in [3.05, 3.63) is 54.1 Å². The summed E-state index contributed by atoms with van der Waals surface area (Å²) in [4.78, 5) is 12.5. The predicted octanol–water partition coefficient (Wildman–Crippen LogP) is 3.19. The molecule has 7 heteroatoms. The van der Waals surface area contributed by atoms with Gasteiger partial charge in [-0.1, -0.05) is 29.8 Å². The first-order valence-electron chi connectivity index (χ1n) is 8.26. The van der Waals surface area contributed by atoms with Gasteiger partial charge >= 0.3 is 0 Å². The largest absolute Gasteiger partial charge is 0.489 e. The van der Waals surface area contributed by atoms with Crippen molar-refractivity contribution < 1.29 is 17.9 Å². The van der Waals surface area contributed by atoms with E-state index in [0.717, 1.165) is 16.1 Å². The Morgan fingerprint density at radius 1 is 1.12 bits per heavy atom. The van der Waals surface area contributed by atoms with Gasteiger partial charge in [0.1, 0.15) is 12.3 Å². The van der Waals surface area contributed by atoms with Crippen LogP contribution in [-0.4, -0.2) is 33.2 Å². The Morgan fingerprint density at radius 3 is 2.31 bits per heavy atom. The summed E-state index contributed by atoms with van der Waals surface area (Å²) in [6.07, 6.45) is 1.03. The second-order valence-corrected chi connectivity index (χ2v) is 8.22. The number of aryl methyl sites for hydroxylation is 1. The topological polar surface area (TPSA) is 75.7 Å². The van der Waals surface area contributed by atoms with Crippen LogP contribution in [0.1, 0.15) is 19.4 Å². The van der Waals surface area contributed by atoms with Gasteiger partial charge in [0.15, 0.2) is 0 Å². The van der Waals surface area contributed by atoms with Gasteiger partial charge in [-0.2, -0.15) is 0 Å². The second-order valence-electron chi connectivity index (χ2n) is 6.32. The van der Waals surface area contributed by atoms with Gasteiger partial charge in [-0.3, -0.25) is 9.10 Å². The molecule has 0 aliphatic heterocycles. The minimum atomic E-state index is -3.61. The summed E-state index contributed by atoms with van der Waals surface area (Å²) in [6, 6.07) is 14.0. The third-order valence-electron chi connectivity index (χ3n) is 3.53. The van der Waals surface area contributed by atoms with E-state index in [4.69, 9.17) is 4.74 Å². The maximum Gasteiger partial charge on any atom is 0.245 e. The Balaban J connectivity index is 2.20. The van der Waals surface area contributed by atoms with Crippen LogP contribution in [0.5, 0.6) is 5.75 Å². The Hall–Kier alpha value is -2.54. The van der Waals surface area contributed by atoms with Gasteiger partial charge in [0.05, 0.1) is 23.7 Å². The molecule has 0 saturated heterocycles. The van der Waals surface area contributed by atoms with Crippen LogP contribution in [0, 0.1) is 6.92 Å². The number of rotatable bonds is 7. The highest BCUT2D eigenvalue weighted by molar-refractivity contribution is 7.92. The third-order valence-corrected chi connectivity index (χ3v) is 4.67. The van der Waals surface area contributed by atoms with Crippen LogP contribution in [0.25, 0.3) is 0 Å². The summed E-state index contributed by atoms with van der Waals surface area (Å²) < 4.78 is 31.0. The summed E-state index contributed by atoms with van der Waals surface area (Å²) in [5.41, 5.74) is 1.95. The Bertz CT molecular complexity index is 861. The summed E-state index contributed by atoms with van der Waals surface area (Å²) in [5.74, 6) is 0.0906. The third kappa shape index (κ3) is 5.49. The second kappa shape index (κ2) is 8.23. The van der Waals surface area contributed by atoms with Crippen molar-refractivity contribution in [2.24, 2.45) is 0 Å². The van der Waals surface area contributed by atoms with Crippen LogP contribution in [0.15, 0.2) is 48.5 Å². The molecule has 0 bridgehead atoms. The van der Waals surface area contributed by atoms with E-state index >= 15 is 0 Å². The van der Waals surface area contributed by atoms with Crippen molar-refractivity contribution in [3.63, 3.8) is 0 Å². The first kappa shape index (κ1) is 19.8. The number of nitrogens with zero attached hydrogens (tertiary/aromatic N) is 1. The first-order chi connectivity index (χ1) is 12.2. The molecular weight excluding hydrogens is 352 g/mol. The van der Waals surface area contributed by atoms with E-state index in [-0.39, 0.29) is 12.6 Å². The lowest BCUT2D eigenvalue weighted by Gasteiger charge is -2.22. The molecule has 1 N–H and O–H groups in total. The van der Waals surface area contributed by atoms with E-state index in [1.54, 1.807) is 42.5 Å². The van der Waals surface area contributed by atoms with Gasteiger partial charge in [-0.05, 0) is 45.0 Å². The van der Waals surface area contributed by atoms with Crippen LogP contribution in [0.4, 0.5) is 11.4 Å². The van der Waals surface area contributed by atoms with E-state index in [0.29, 0.717) is 17.1 Å². The number of anilines is 2. The molecule has 0 aliphatic carbocycles. The summed E-state index contributed by atoms with van der Waals surface area (Å²) in [6.45, 7) is 5.37. The lowest BCUT2D eigenvalue weighted by atomic mass is 10.2. The highest BCUT2D eigenvalue weighted by Gasteiger charge is 2.21. The number of ether oxygens (including phenoxy) is 1. The van der Waals surface area contributed by atoms with Gasteiger partial charge in [0.25, 0.3) is 0 Å². The molecule has 0 spiro atoms. The summed E-state index contributed by atoms with van der Waals surface area (Å²) in [5, 5.41) is 2.73. The normalized spacial score (nSPS) is 11.3. The SMILES string of the molecule is Cc1ccc(N(CC(=O)Nc2ccccc2OC(C)C)S(C)(=O)=O)cc1. The molecule has 0 aliphatic rings. The van der Waals surface area contributed by atoms with Crippen LogP contribution in [0.2, 0.25) is 0 Å². The molecule has 26 heavy (non-hydrogen) atoms. The number of benzene rings is 2. The van der Waals surface area contributed by atoms with E-state index in [2.05, 4.69) is 5.32 Å². The van der Waals surface area contributed by atoms with Gasteiger partial charge < -0.3 is 10.1 Å². The van der Waals surface area contributed by atoms with Crippen molar-refractivity contribution >= 4 is 27.3 Å². The molecular formula is C19H24N2O4S. The number of amides is 1. The zero-order valence-electron chi connectivity index (χ0n) is 15.4. The predicted molar refractivity (Wildman–Crippen MR) is 104 cm³/mol. The lowest BCUT2D eigenvalue weighted by Crippen LogP contribution is -2.37. The minimum absolute atomic E-state index is 0.0480. The Morgan fingerprint density at radius 2 is 1.73 bits per heavy atom. The Labute approximate surface area is 154 Å². The number of nitrogens with one attached hydrogen (secondary N) is 1. The molecule has 1 amide bonds. The van der Waals surface area contributed by atoms with Gasteiger partial charge in [-0.25, -0.2) is 8.42 Å². The molecule has 0 heterocycles. The Kier molecular flexibility index (Phi) is 6.26. The zero-order chi connectivity index (χ0) is 19.3. The van der Waals surface area contributed by atoms with Crippen LogP contribution in [0.3, 0.4) is 0 Å². The number of carbonyl (C=O) groups is 1. The molecule has 2 aromatic carbocycles. The minimum Gasteiger partial charge on any atom is -0.489 e. The van der Waals surface area contributed by atoms with E-state index < -0.39 is 15.9 Å². The fourth-order valence-corrected chi connectivity index (χ4v) is 3.21. The van der Waals surface area contributed by atoms with E-state index in [9.17, 15) is 13.2 Å². The van der Waals surface area contributed by atoms with Crippen LogP contribution >= 0.6 is 0 Å². The smallest absolute Gasteiger partial charge is 0.245 e. The highest BCUT2D eigenvalue weighted by atomic mass is 32.2. The maximum absolute atomic E-state index is 12.5. The molecule has 0 atom stereocenters. The zero-order valence-corrected chi connectivity index (χ0v) is 16.2.